The Bertz CT molecular complexity index is 1070. The van der Waals surface area contributed by atoms with Gasteiger partial charge in [0.1, 0.15) is 17.2 Å². The molecule has 6 nitrogen and oxygen atoms in total. The van der Waals surface area contributed by atoms with E-state index in [-0.39, 0.29) is 23.6 Å². The lowest BCUT2D eigenvalue weighted by atomic mass is 10.1. The van der Waals surface area contributed by atoms with Gasteiger partial charge in [0, 0.05) is 28.8 Å². The molecule has 0 aliphatic carbocycles. The highest BCUT2D eigenvalue weighted by Crippen LogP contribution is 2.36. The average molecular weight is 440 g/mol. The van der Waals surface area contributed by atoms with Crippen LogP contribution in [0.3, 0.4) is 0 Å². The summed E-state index contributed by atoms with van der Waals surface area (Å²) in [5.74, 6) is 1.64. The number of thiophene rings is 1. The maximum atomic E-state index is 13.0. The van der Waals surface area contributed by atoms with Crippen LogP contribution in [0.2, 0.25) is 0 Å². The van der Waals surface area contributed by atoms with Gasteiger partial charge in [-0.3, -0.25) is 9.59 Å². The van der Waals surface area contributed by atoms with Crippen molar-refractivity contribution >= 4 is 46.3 Å². The summed E-state index contributed by atoms with van der Waals surface area (Å²) in [5, 5.41) is 11.0. The zero-order valence-electron chi connectivity index (χ0n) is 16.6. The van der Waals surface area contributed by atoms with Crippen LogP contribution < -0.4 is 5.32 Å². The summed E-state index contributed by atoms with van der Waals surface area (Å²) in [6.45, 7) is 3.37. The number of aryl methyl sites for hydroxylation is 1. The molecule has 1 N–H and O–H groups in total. The molecule has 1 aliphatic heterocycles. The number of nitrogens with zero attached hydrogens (tertiary/aromatic N) is 2. The fraction of sp³-hybridized carbons (Fsp3) is 0.227. The highest BCUT2D eigenvalue weighted by Gasteiger charge is 2.34. The first kappa shape index (κ1) is 20.4. The van der Waals surface area contributed by atoms with E-state index in [0.717, 1.165) is 26.9 Å². The molecular formula is C22H21N3O3S2. The number of thioether (sulfide) groups is 1. The highest BCUT2D eigenvalue weighted by atomic mass is 32.2. The van der Waals surface area contributed by atoms with Gasteiger partial charge in [-0.1, -0.05) is 6.07 Å². The van der Waals surface area contributed by atoms with Crippen LogP contribution in [-0.4, -0.2) is 28.3 Å². The molecule has 2 amide bonds. The number of rotatable bonds is 6. The number of carbonyl (C=O) groups excluding carboxylic acids is 2. The molecule has 0 bridgehead atoms. The van der Waals surface area contributed by atoms with Crippen molar-refractivity contribution in [1.29, 1.82) is 0 Å². The Balaban J connectivity index is 1.47. The van der Waals surface area contributed by atoms with E-state index in [4.69, 9.17) is 4.42 Å². The number of hydrogen-bond donors (Lipinski definition) is 1. The SMILES string of the molecule is CC(=O)Nc1ccc(SCC(=O)N2N=C(c3ccc(C)o3)CC2c2cccs2)cc1. The smallest absolute Gasteiger partial charge is 0.253 e. The summed E-state index contributed by atoms with van der Waals surface area (Å²) in [6, 6.07) is 15.2. The minimum Gasteiger partial charge on any atom is -0.460 e. The lowest BCUT2D eigenvalue weighted by Crippen LogP contribution is -2.28. The van der Waals surface area contributed by atoms with Crippen LogP contribution in [0, 0.1) is 6.92 Å². The van der Waals surface area contributed by atoms with Crippen LogP contribution in [0.1, 0.15) is 35.8 Å². The summed E-state index contributed by atoms with van der Waals surface area (Å²) < 4.78 is 5.73. The molecule has 2 aromatic heterocycles. The molecule has 1 aliphatic rings. The van der Waals surface area contributed by atoms with Gasteiger partial charge in [-0.05, 0) is 54.8 Å². The average Bonchev–Trinajstić information content (AvgIpc) is 3.46. The molecule has 0 saturated carbocycles. The maximum absolute atomic E-state index is 13.0. The summed E-state index contributed by atoms with van der Waals surface area (Å²) >= 11 is 3.08. The lowest BCUT2D eigenvalue weighted by Gasteiger charge is -2.20. The summed E-state index contributed by atoms with van der Waals surface area (Å²) in [5.41, 5.74) is 1.53. The number of furan rings is 1. The minimum absolute atomic E-state index is 0.0531. The Kier molecular flexibility index (Phi) is 6.06. The third kappa shape index (κ3) is 4.66. The molecule has 1 unspecified atom stereocenters. The number of anilines is 1. The van der Waals surface area contributed by atoms with Gasteiger partial charge in [0.15, 0.2) is 0 Å². The fourth-order valence-corrected chi connectivity index (χ4v) is 4.79. The molecule has 4 rings (SSSR count). The predicted molar refractivity (Wildman–Crippen MR) is 120 cm³/mol. The third-order valence-corrected chi connectivity index (χ3v) is 6.57. The van der Waals surface area contributed by atoms with Gasteiger partial charge in [0.05, 0.1) is 11.8 Å². The molecule has 30 heavy (non-hydrogen) atoms. The van der Waals surface area contributed by atoms with Crippen LogP contribution >= 0.6 is 23.1 Å². The topological polar surface area (TPSA) is 74.9 Å². The number of carbonyl (C=O) groups is 2. The summed E-state index contributed by atoms with van der Waals surface area (Å²) in [6.07, 6.45) is 0.634. The molecular weight excluding hydrogens is 418 g/mol. The van der Waals surface area contributed by atoms with Crippen molar-refractivity contribution in [3.63, 3.8) is 0 Å². The number of benzene rings is 1. The first-order valence-corrected chi connectivity index (χ1v) is 11.4. The second-order valence-corrected chi connectivity index (χ2v) is 8.95. The monoisotopic (exact) mass is 439 g/mol. The van der Waals surface area contributed by atoms with E-state index in [0.29, 0.717) is 12.2 Å². The van der Waals surface area contributed by atoms with Crippen molar-refractivity contribution in [2.45, 2.75) is 31.2 Å². The zero-order valence-corrected chi connectivity index (χ0v) is 18.3. The maximum Gasteiger partial charge on any atom is 0.253 e. The number of amides is 2. The fourth-order valence-electron chi connectivity index (χ4n) is 3.23. The highest BCUT2D eigenvalue weighted by molar-refractivity contribution is 8.00. The molecule has 0 radical (unpaired) electrons. The van der Waals surface area contributed by atoms with E-state index in [1.54, 1.807) is 16.3 Å². The van der Waals surface area contributed by atoms with E-state index >= 15 is 0 Å². The number of nitrogens with one attached hydrogen (secondary N) is 1. The van der Waals surface area contributed by atoms with E-state index in [9.17, 15) is 9.59 Å². The Morgan fingerprint density at radius 2 is 2.03 bits per heavy atom. The molecule has 8 heteroatoms. The Morgan fingerprint density at radius 1 is 1.23 bits per heavy atom. The van der Waals surface area contributed by atoms with Gasteiger partial charge < -0.3 is 9.73 Å². The number of hydrazone groups is 1. The molecule has 0 saturated heterocycles. The quantitative estimate of drug-likeness (QED) is 0.544. The third-order valence-electron chi connectivity index (χ3n) is 4.60. The first-order chi connectivity index (χ1) is 14.5. The van der Waals surface area contributed by atoms with Gasteiger partial charge in [-0.25, -0.2) is 5.01 Å². The van der Waals surface area contributed by atoms with E-state index < -0.39 is 0 Å². The lowest BCUT2D eigenvalue weighted by molar-refractivity contribution is -0.130. The molecule has 0 spiro atoms. The number of hydrogen-bond acceptors (Lipinski definition) is 6. The van der Waals surface area contributed by atoms with Crippen molar-refractivity contribution in [3.8, 4) is 0 Å². The normalized spacial score (nSPS) is 15.9. The van der Waals surface area contributed by atoms with Crippen molar-refractivity contribution in [2.24, 2.45) is 5.10 Å². The Hall–Kier alpha value is -2.84. The Labute approximate surface area is 183 Å². The standard InChI is InChI=1S/C22H21N3O3S2/c1-14-5-10-20(28-14)18-12-19(21-4-3-11-29-21)25(24-18)22(27)13-30-17-8-6-16(7-9-17)23-15(2)26/h3-11,19H,12-13H2,1-2H3,(H,23,26). The molecule has 3 aromatic rings. The van der Waals surface area contributed by atoms with Crippen LogP contribution in [0.25, 0.3) is 0 Å². The largest absolute Gasteiger partial charge is 0.460 e. The molecule has 0 fully saturated rings. The Morgan fingerprint density at radius 3 is 2.67 bits per heavy atom. The molecule has 1 aromatic carbocycles. The van der Waals surface area contributed by atoms with Crippen LogP contribution in [0.5, 0.6) is 0 Å². The van der Waals surface area contributed by atoms with Gasteiger partial charge in [-0.2, -0.15) is 5.10 Å². The summed E-state index contributed by atoms with van der Waals surface area (Å²) in [7, 11) is 0. The van der Waals surface area contributed by atoms with Crippen molar-refractivity contribution in [1.82, 2.24) is 5.01 Å². The predicted octanol–water partition coefficient (Wildman–Crippen LogP) is 5.08. The van der Waals surface area contributed by atoms with Gasteiger partial charge in [0.2, 0.25) is 5.91 Å². The summed E-state index contributed by atoms with van der Waals surface area (Å²) in [4.78, 5) is 26.2. The zero-order chi connectivity index (χ0) is 21.1. The first-order valence-electron chi connectivity index (χ1n) is 9.50. The van der Waals surface area contributed by atoms with Gasteiger partial charge in [0.25, 0.3) is 5.91 Å². The van der Waals surface area contributed by atoms with Crippen molar-refractivity contribution in [2.75, 3.05) is 11.1 Å². The van der Waals surface area contributed by atoms with Crippen molar-refractivity contribution in [3.05, 3.63) is 70.3 Å². The van der Waals surface area contributed by atoms with E-state index in [1.807, 2.05) is 60.8 Å². The van der Waals surface area contributed by atoms with Crippen LogP contribution in [0.15, 0.2) is 68.3 Å². The van der Waals surface area contributed by atoms with E-state index in [2.05, 4.69) is 10.4 Å². The van der Waals surface area contributed by atoms with E-state index in [1.165, 1.54) is 18.7 Å². The minimum atomic E-state index is -0.111. The van der Waals surface area contributed by atoms with Crippen LogP contribution in [0.4, 0.5) is 5.69 Å². The van der Waals surface area contributed by atoms with Gasteiger partial charge in [-0.15, -0.1) is 23.1 Å². The second-order valence-electron chi connectivity index (χ2n) is 6.92. The van der Waals surface area contributed by atoms with Gasteiger partial charge >= 0.3 is 0 Å². The molecule has 154 valence electrons. The molecule has 3 heterocycles. The van der Waals surface area contributed by atoms with Crippen molar-refractivity contribution < 1.29 is 14.0 Å². The van der Waals surface area contributed by atoms with Crippen LogP contribution in [-0.2, 0) is 9.59 Å². The molecule has 1 atom stereocenters. The second kappa shape index (κ2) is 8.89.